The third-order valence-corrected chi connectivity index (χ3v) is 4.78. The maximum atomic E-state index is 12.3. The topological polar surface area (TPSA) is 78.8 Å². The summed E-state index contributed by atoms with van der Waals surface area (Å²) in [5.41, 5.74) is 2.83. The molecule has 1 amide bonds. The first kappa shape index (κ1) is 17.2. The van der Waals surface area contributed by atoms with Crippen molar-refractivity contribution < 1.29 is 13.2 Å². The van der Waals surface area contributed by atoms with Crippen LogP contribution in [0, 0.1) is 0 Å². The zero-order valence-electron chi connectivity index (χ0n) is 13.5. The zero-order valence-corrected chi connectivity index (χ0v) is 14.4. The van der Waals surface area contributed by atoms with Crippen molar-refractivity contribution in [2.24, 2.45) is 4.40 Å². The van der Waals surface area contributed by atoms with Gasteiger partial charge in [-0.05, 0) is 31.4 Å². The van der Waals surface area contributed by atoms with Crippen molar-refractivity contribution in [2.75, 3.05) is 7.05 Å². The smallest absolute Gasteiger partial charge is 0.341 e. The lowest BCUT2D eigenvalue weighted by Gasteiger charge is -2.20. The van der Waals surface area contributed by atoms with E-state index in [1.165, 1.54) is 0 Å². The van der Waals surface area contributed by atoms with Gasteiger partial charge < -0.3 is 4.90 Å². The third-order valence-electron chi connectivity index (χ3n) is 3.71. The van der Waals surface area contributed by atoms with E-state index < -0.39 is 10.2 Å². The van der Waals surface area contributed by atoms with E-state index in [1.807, 2.05) is 30.3 Å². The minimum Gasteiger partial charge on any atom is -0.341 e. The van der Waals surface area contributed by atoms with Gasteiger partial charge in [-0.1, -0.05) is 30.3 Å². The highest BCUT2D eigenvalue weighted by atomic mass is 32.2. The van der Waals surface area contributed by atoms with E-state index in [2.05, 4.69) is 9.12 Å². The second kappa shape index (κ2) is 6.95. The largest absolute Gasteiger partial charge is 0.342 e. The average molecular weight is 335 g/mol. The van der Waals surface area contributed by atoms with Gasteiger partial charge in [0.2, 0.25) is 5.91 Å². The molecule has 0 aliphatic carbocycles. The predicted octanol–water partition coefficient (Wildman–Crippen LogP) is 2.01. The molecule has 0 saturated carbocycles. The van der Waals surface area contributed by atoms with Gasteiger partial charge in [0.25, 0.3) is 0 Å². The van der Waals surface area contributed by atoms with Crippen LogP contribution in [0.25, 0.3) is 0 Å². The standard InChI is InChI=1S/C16H21N3O3S/c1-12-15(13(2)18-23(21,22)17-12)9-10-16(20)19(3)11-14-7-5-4-6-8-14/h4-8,17H,9-11H2,1-3H3. The lowest BCUT2D eigenvalue weighted by Crippen LogP contribution is -2.29. The summed E-state index contributed by atoms with van der Waals surface area (Å²) in [5.74, 6) is 0.00961. The van der Waals surface area contributed by atoms with Gasteiger partial charge in [-0.25, -0.2) is 0 Å². The number of allylic oxidation sites excluding steroid dienone is 2. The van der Waals surface area contributed by atoms with Crippen LogP contribution in [0.1, 0.15) is 32.3 Å². The highest BCUT2D eigenvalue weighted by Gasteiger charge is 2.21. The molecule has 0 aromatic heterocycles. The van der Waals surface area contributed by atoms with Crippen molar-refractivity contribution in [1.29, 1.82) is 0 Å². The molecule has 124 valence electrons. The Bertz CT molecular complexity index is 752. The van der Waals surface area contributed by atoms with E-state index in [1.54, 1.807) is 25.8 Å². The van der Waals surface area contributed by atoms with Crippen molar-refractivity contribution in [3.8, 4) is 0 Å². The summed E-state index contributed by atoms with van der Waals surface area (Å²) in [6.45, 7) is 3.88. The summed E-state index contributed by atoms with van der Waals surface area (Å²) in [7, 11) is -1.86. The SMILES string of the molecule is CC1=NS(=O)(=O)NC(C)=C1CCC(=O)N(C)Cc1ccccc1. The number of carbonyl (C=O) groups is 1. The van der Waals surface area contributed by atoms with Crippen molar-refractivity contribution in [2.45, 2.75) is 33.2 Å². The van der Waals surface area contributed by atoms with E-state index in [0.717, 1.165) is 11.1 Å². The van der Waals surface area contributed by atoms with Gasteiger partial charge in [0.05, 0.1) is 5.71 Å². The zero-order chi connectivity index (χ0) is 17.0. The molecule has 0 atom stereocenters. The van der Waals surface area contributed by atoms with Crippen LogP contribution >= 0.6 is 0 Å². The van der Waals surface area contributed by atoms with Gasteiger partial charge in [-0.2, -0.15) is 8.42 Å². The van der Waals surface area contributed by atoms with Crippen LogP contribution < -0.4 is 4.72 Å². The Kier molecular flexibility index (Phi) is 5.20. The Morgan fingerprint density at radius 2 is 1.87 bits per heavy atom. The molecule has 23 heavy (non-hydrogen) atoms. The van der Waals surface area contributed by atoms with Crippen LogP contribution in [0.3, 0.4) is 0 Å². The normalized spacial score (nSPS) is 16.6. The van der Waals surface area contributed by atoms with Crippen molar-refractivity contribution in [3.05, 3.63) is 47.2 Å². The van der Waals surface area contributed by atoms with Crippen LogP contribution in [0.5, 0.6) is 0 Å². The molecule has 6 nitrogen and oxygen atoms in total. The predicted molar refractivity (Wildman–Crippen MR) is 90.0 cm³/mol. The molecular formula is C16H21N3O3S. The minimum absolute atomic E-state index is 0.00961. The molecule has 0 fully saturated rings. The maximum absolute atomic E-state index is 12.3. The van der Waals surface area contributed by atoms with Crippen LogP contribution in [-0.2, 0) is 21.5 Å². The van der Waals surface area contributed by atoms with E-state index in [-0.39, 0.29) is 5.91 Å². The van der Waals surface area contributed by atoms with E-state index >= 15 is 0 Å². The van der Waals surface area contributed by atoms with Crippen LogP contribution in [0.4, 0.5) is 0 Å². The number of carbonyl (C=O) groups excluding carboxylic acids is 1. The molecule has 1 aromatic carbocycles. The molecule has 0 unspecified atom stereocenters. The number of nitrogens with zero attached hydrogens (tertiary/aromatic N) is 2. The number of amides is 1. The van der Waals surface area contributed by atoms with Gasteiger partial charge in [0, 0.05) is 25.7 Å². The molecule has 2 rings (SSSR count). The average Bonchev–Trinajstić information content (AvgIpc) is 2.45. The number of nitrogens with one attached hydrogen (secondary N) is 1. The highest BCUT2D eigenvalue weighted by Crippen LogP contribution is 2.18. The third kappa shape index (κ3) is 4.66. The number of hydrogen-bond donors (Lipinski definition) is 1. The van der Waals surface area contributed by atoms with Gasteiger partial charge in [0.1, 0.15) is 0 Å². The van der Waals surface area contributed by atoms with Gasteiger partial charge >= 0.3 is 10.2 Å². The number of hydrogen-bond acceptors (Lipinski definition) is 3. The maximum Gasteiger partial charge on any atom is 0.342 e. The number of benzene rings is 1. The fourth-order valence-corrected chi connectivity index (χ4v) is 3.55. The Labute approximate surface area is 137 Å². The second-order valence-corrected chi connectivity index (χ2v) is 6.93. The van der Waals surface area contributed by atoms with Gasteiger partial charge in [-0.3, -0.25) is 9.52 Å². The highest BCUT2D eigenvalue weighted by molar-refractivity contribution is 7.88. The summed E-state index contributed by atoms with van der Waals surface area (Å²) >= 11 is 0. The minimum atomic E-state index is -3.62. The van der Waals surface area contributed by atoms with E-state index in [0.29, 0.717) is 30.8 Å². The molecule has 0 spiro atoms. The molecule has 0 radical (unpaired) electrons. The van der Waals surface area contributed by atoms with Crippen LogP contribution in [0.2, 0.25) is 0 Å². The summed E-state index contributed by atoms with van der Waals surface area (Å²) in [5, 5.41) is 0. The molecular weight excluding hydrogens is 314 g/mol. The van der Waals surface area contributed by atoms with Gasteiger partial charge in [-0.15, -0.1) is 4.40 Å². The number of rotatable bonds is 5. The fraction of sp³-hybridized carbons (Fsp3) is 0.375. The molecule has 1 aliphatic heterocycles. The van der Waals surface area contributed by atoms with Crippen molar-refractivity contribution >= 4 is 21.8 Å². The lowest BCUT2D eigenvalue weighted by molar-refractivity contribution is -0.130. The van der Waals surface area contributed by atoms with Crippen LogP contribution in [-0.4, -0.2) is 32.0 Å². The van der Waals surface area contributed by atoms with E-state index in [4.69, 9.17) is 0 Å². The first-order valence-corrected chi connectivity index (χ1v) is 8.80. The summed E-state index contributed by atoms with van der Waals surface area (Å²) in [4.78, 5) is 13.9. The molecule has 0 saturated heterocycles. The molecule has 0 bridgehead atoms. The Hall–Kier alpha value is -2.15. The Morgan fingerprint density at radius 3 is 2.48 bits per heavy atom. The first-order chi connectivity index (χ1) is 10.8. The van der Waals surface area contributed by atoms with Crippen molar-refractivity contribution in [1.82, 2.24) is 9.62 Å². The quantitative estimate of drug-likeness (QED) is 0.894. The Morgan fingerprint density at radius 1 is 1.22 bits per heavy atom. The van der Waals surface area contributed by atoms with Gasteiger partial charge in [0.15, 0.2) is 0 Å². The molecule has 1 aromatic rings. The molecule has 1 heterocycles. The van der Waals surface area contributed by atoms with Crippen LogP contribution in [0.15, 0.2) is 46.0 Å². The summed E-state index contributed by atoms with van der Waals surface area (Å²) < 4.78 is 28.9. The summed E-state index contributed by atoms with van der Waals surface area (Å²) in [6.07, 6.45) is 0.770. The second-order valence-electron chi connectivity index (χ2n) is 5.59. The Balaban J connectivity index is 1.95. The van der Waals surface area contributed by atoms with E-state index in [9.17, 15) is 13.2 Å². The first-order valence-electron chi connectivity index (χ1n) is 7.36. The van der Waals surface area contributed by atoms with Crippen molar-refractivity contribution in [3.63, 3.8) is 0 Å². The summed E-state index contributed by atoms with van der Waals surface area (Å²) in [6, 6.07) is 9.77. The molecule has 1 aliphatic rings. The molecule has 1 N–H and O–H groups in total. The lowest BCUT2D eigenvalue weighted by atomic mass is 10.0. The monoisotopic (exact) mass is 335 g/mol. The molecule has 7 heteroatoms. The fourth-order valence-electron chi connectivity index (χ4n) is 2.52.